The van der Waals surface area contributed by atoms with Crippen molar-refractivity contribution in [1.82, 2.24) is 5.48 Å². The summed E-state index contributed by atoms with van der Waals surface area (Å²) in [5.74, 6) is 1.34. The largest absolute Gasteiger partial charge is 0.496 e. The van der Waals surface area contributed by atoms with Gasteiger partial charge >= 0.3 is 0 Å². The molecule has 1 aromatic rings. The van der Waals surface area contributed by atoms with Gasteiger partial charge in [-0.2, -0.15) is 0 Å². The number of hydroxylamine groups is 1. The fourth-order valence-electron chi connectivity index (χ4n) is 1.65. The van der Waals surface area contributed by atoms with Crippen molar-refractivity contribution in [3.8, 4) is 5.75 Å². The maximum absolute atomic E-state index is 8.72. The zero-order chi connectivity index (χ0) is 11.4. The molecule has 0 fully saturated rings. The third kappa shape index (κ3) is 2.70. The van der Waals surface area contributed by atoms with E-state index in [2.05, 4.69) is 25.4 Å². The molecule has 0 atom stereocenters. The van der Waals surface area contributed by atoms with Crippen molar-refractivity contribution in [3.05, 3.63) is 28.8 Å². The molecule has 0 aliphatic carbocycles. The van der Waals surface area contributed by atoms with Gasteiger partial charge in [0.1, 0.15) is 5.75 Å². The molecule has 0 aliphatic rings. The van der Waals surface area contributed by atoms with Gasteiger partial charge in [-0.25, -0.2) is 5.48 Å². The fraction of sp³-hybridized carbons (Fsp3) is 0.500. The average molecular weight is 209 g/mol. The molecule has 0 saturated heterocycles. The van der Waals surface area contributed by atoms with Crippen molar-refractivity contribution < 1.29 is 9.94 Å². The van der Waals surface area contributed by atoms with Gasteiger partial charge in [0.2, 0.25) is 0 Å². The summed E-state index contributed by atoms with van der Waals surface area (Å²) in [6, 6.07) is 4.10. The lowest BCUT2D eigenvalue weighted by molar-refractivity contribution is 0.161. The monoisotopic (exact) mass is 209 g/mol. The molecule has 3 nitrogen and oxygen atoms in total. The first kappa shape index (κ1) is 12.0. The molecule has 3 heteroatoms. The minimum atomic E-state index is 0.415. The number of methoxy groups -OCH3 is 1. The zero-order valence-corrected chi connectivity index (χ0v) is 9.79. The summed E-state index contributed by atoms with van der Waals surface area (Å²) in [5, 5.41) is 8.72. The SMILES string of the molecule is COc1cc(C)c(CNO)cc1C(C)C. The topological polar surface area (TPSA) is 41.5 Å². The Morgan fingerprint density at radius 1 is 1.40 bits per heavy atom. The number of ether oxygens (including phenoxy) is 1. The quantitative estimate of drug-likeness (QED) is 0.749. The number of nitrogens with one attached hydrogen (secondary N) is 1. The molecule has 15 heavy (non-hydrogen) atoms. The van der Waals surface area contributed by atoms with E-state index in [1.165, 1.54) is 5.56 Å². The van der Waals surface area contributed by atoms with Crippen molar-refractivity contribution >= 4 is 0 Å². The highest BCUT2D eigenvalue weighted by atomic mass is 16.5. The number of benzene rings is 1. The predicted octanol–water partition coefficient (Wildman–Crippen LogP) is 2.61. The Hall–Kier alpha value is -1.06. The molecule has 0 saturated carbocycles. The van der Waals surface area contributed by atoms with Crippen LogP contribution in [0.1, 0.15) is 36.5 Å². The first-order chi connectivity index (χ1) is 7.10. The van der Waals surface area contributed by atoms with Crippen LogP contribution >= 0.6 is 0 Å². The molecule has 0 amide bonds. The van der Waals surface area contributed by atoms with Gasteiger partial charge in [-0.1, -0.05) is 19.9 Å². The molecule has 0 unspecified atom stereocenters. The van der Waals surface area contributed by atoms with E-state index in [-0.39, 0.29) is 0 Å². The first-order valence-corrected chi connectivity index (χ1v) is 5.14. The van der Waals surface area contributed by atoms with Crippen molar-refractivity contribution in [2.75, 3.05) is 7.11 Å². The average Bonchev–Trinajstić information content (AvgIpc) is 2.20. The standard InChI is InChI=1S/C12H19NO2/c1-8(2)11-6-10(7-13-14)9(3)5-12(11)15-4/h5-6,8,13-14H,7H2,1-4H3. The number of hydrogen-bond donors (Lipinski definition) is 2. The Kier molecular flexibility index (Phi) is 4.12. The summed E-state index contributed by atoms with van der Waals surface area (Å²) < 4.78 is 5.34. The van der Waals surface area contributed by atoms with Crippen LogP contribution in [0, 0.1) is 6.92 Å². The van der Waals surface area contributed by atoms with Crippen LogP contribution in [0.25, 0.3) is 0 Å². The van der Waals surface area contributed by atoms with Gasteiger partial charge in [0, 0.05) is 6.54 Å². The van der Waals surface area contributed by atoms with Crippen LogP contribution in [0.3, 0.4) is 0 Å². The van der Waals surface area contributed by atoms with Crippen LogP contribution in [-0.4, -0.2) is 12.3 Å². The van der Waals surface area contributed by atoms with E-state index in [0.717, 1.165) is 16.9 Å². The molecule has 0 heterocycles. The molecule has 0 bridgehead atoms. The van der Waals surface area contributed by atoms with E-state index in [9.17, 15) is 0 Å². The van der Waals surface area contributed by atoms with Crippen LogP contribution in [-0.2, 0) is 6.54 Å². The van der Waals surface area contributed by atoms with Gasteiger partial charge in [0.25, 0.3) is 0 Å². The molecule has 0 aliphatic heterocycles. The molecule has 1 aromatic carbocycles. The second-order valence-electron chi connectivity index (χ2n) is 4.01. The lowest BCUT2D eigenvalue weighted by atomic mass is 9.96. The molecule has 1 rings (SSSR count). The van der Waals surface area contributed by atoms with Crippen LogP contribution in [0.5, 0.6) is 5.75 Å². The van der Waals surface area contributed by atoms with Crippen molar-refractivity contribution in [2.45, 2.75) is 33.2 Å². The summed E-state index contributed by atoms with van der Waals surface area (Å²) in [4.78, 5) is 0. The zero-order valence-electron chi connectivity index (χ0n) is 9.79. The van der Waals surface area contributed by atoms with E-state index in [1.807, 2.05) is 13.0 Å². The van der Waals surface area contributed by atoms with E-state index >= 15 is 0 Å². The third-order valence-electron chi connectivity index (χ3n) is 2.58. The fourth-order valence-corrected chi connectivity index (χ4v) is 1.65. The Morgan fingerprint density at radius 2 is 2.07 bits per heavy atom. The summed E-state index contributed by atoms with van der Waals surface area (Å²) in [7, 11) is 1.69. The minimum absolute atomic E-state index is 0.415. The van der Waals surface area contributed by atoms with Crippen molar-refractivity contribution in [2.24, 2.45) is 0 Å². The highest BCUT2D eigenvalue weighted by Gasteiger charge is 2.10. The van der Waals surface area contributed by atoms with Crippen LogP contribution < -0.4 is 10.2 Å². The highest BCUT2D eigenvalue weighted by molar-refractivity contribution is 5.43. The molecular formula is C12H19NO2. The smallest absolute Gasteiger partial charge is 0.122 e. The summed E-state index contributed by atoms with van der Waals surface area (Å²) >= 11 is 0. The maximum Gasteiger partial charge on any atom is 0.122 e. The molecule has 0 spiro atoms. The van der Waals surface area contributed by atoms with Gasteiger partial charge in [-0.3, -0.25) is 0 Å². The lowest BCUT2D eigenvalue weighted by Crippen LogP contribution is -2.09. The van der Waals surface area contributed by atoms with E-state index in [0.29, 0.717) is 12.5 Å². The van der Waals surface area contributed by atoms with Gasteiger partial charge in [0.05, 0.1) is 7.11 Å². The Morgan fingerprint density at radius 3 is 2.53 bits per heavy atom. The van der Waals surface area contributed by atoms with Gasteiger partial charge in [-0.15, -0.1) is 0 Å². The van der Waals surface area contributed by atoms with E-state index in [1.54, 1.807) is 7.11 Å². The van der Waals surface area contributed by atoms with Gasteiger partial charge in [-0.05, 0) is 35.6 Å². The van der Waals surface area contributed by atoms with E-state index in [4.69, 9.17) is 9.94 Å². The van der Waals surface area contributed by atoms with Crippen molar-refractivity contribution in [3.63, 3.8) is 0 Å². The van der Waals surface area contributed by atoms with Crippen molar-refractivity contribution in [1.29, 1.82) is 0 Å². The summed E-state index contributed by atoms with van der Waals surface area (Å²) in [6.45, 7) is 6.74. The number of hydrogen-bond acceptors (Lipinski definition) is 3. The summed E-state index contributed by atoms with van der Waals surface area (Å²) in [5.41, 5.74) is 5.58. The predicted molar refractivity (Wildman–Crippen MR) is 60.4 cm³/mol. The van der Waals surface area contributed by atoms with Crippen LogP contribution in [0.2, 0.25) is 0 Å². The van der Waals surface area contributed by atoms with Crippen LogP contribution in [0.15, 0.2) is 12.1 Å². The highest BCUT2D eigenvalue weighted by Crippen LogP contribution is 2.29. The molecule has 84 valence electrons. The molecule has 0 aromatic heterocycles. The molecule has 0 radical (unpaired) electrons. The Balaban J connectivity index is 3.17. The minimum Gasteiger partial charge on any atom is -0.496 e. The number of rotatable bonds is 4. The first-order valence-electron chi connectivity index (χ1n) is 5.14. The molecule has 2 N–H and O–H groups in total. The second-order valence-corrected chi connectivity index (χ2v) is 4.01. The van der Waals surface area contributed by atoms with E-state index < -0.39 is 0 Å². The molecular weight excluding hydrogens is 190 g/mol. The van der Waals surface area contributed by atoms with Gasteiger partial charge in [0.15, 0.2) is 0 Å². The normalized spacial score (nSPS) is 10.8. The van der Waals surface area contributed by atoms with Gasteiger partial charge < -0.3 is 9.94 Å². The Bertz CT molecular complexity index is 335. The summed E-state index contributed by atoms with van der Waals surface area (Å²) in [6.07, 6.45) is 0. The number of aryl methyl sites for hydroxylation is 1. The third-order valence-corrected chi connectivity index (χ3v) is 2.58. The Labute approximate surface area is 91.0 Å². The maximum atomic E-state index is 8.72. The second kappa shape index (κ2) is 5.14. The van der Waals surface area contributed by atoms with Crippen LogP contribution in [0.4, 0.5) is 0 Å². The lowest BCUT2D eigenvalue weighted by Gasteiger charge is -2.15.